The number of ether oxygens (including phenoxy) is 3. The van der Waals surface area contributed by atoms with Crippen molar-refractivity contribution in [1.82, 2.24) is 19.9 Å². The number of halogens is 4. The molecule has 12 heteroatoms. The molecule has 2 aromatic heterocycles. The monoisotopic (exact) mass is 490 g/mol. The van der Waals surface area contributed by atoms with Gasteiger partial charge >= 0.3 is 12.4 Å². The van der Waals surface area contributed by atoms with Crippen molar-refractivity contribution in [2.45, 2.75) is 12.8 Å². The molecule has 0 spiro atoms. The summed E-state index contributed by atoms with van der Waals surface area (Å²) in [7, 11) is 0. The van der Waals surface area contributed by atoms with Crippen molar-refractivity contribution in [1.29, 1.82) is 0 Å². The zero-order valence-corrected chi connectivity index (χ0v) is 17.8. The number of hydrogen-bond acceptors (Lipinski definition) is 7. The Hall–Kier alpha value is -4.12. The number of H-pyrrole nitrogens is 1. The Morgan fingerprint density at radius 3 is 2.21 bits per heavy atom. The van der Waals surface area contributed by atoms with Gasteiger partial charge in [0, 0.05) is 36.6 Å². The van der Waals surface area contributed by atoms with Gasteiger partial charge in [-0.05, 0) is 42.0 Å². The lowest BCUT2D eigenvalue weighted by Crippen LogP contribution is -2.17. The minimum atomic E-state index is -4.88. The molecule has 0 fully saturated rings. The van der Waals surface area contributed by atoms with E-state index < -0.39 is 12.1 Å². The van der Waals surface area contributed by atoms with Crippen molar-refractivity contribution in [3.05, 3.63) is 93.9 Å². The van der Waals surface area contributed by atoms with Crippen LogP contribution in [0.1, 0.15) is 11.1 Å². The van der Waals surface area contributed by atoms with Gasteiger partial charge in [0.05, 0.1) is 5.02 Å². The summed E-state index contributed by atoms with van der Waals surface area (Å²) in [4.78, 5) is 26.8. The largest absolute Gasteiger partial charge is 0.573 e. The maximum atomic E-state index is 12.5. The first-order valence-electron chi connectivity index (χ1n) is 9.58. The molecule has 2 aromatic carbocycles. The fourth-order valence-electron chi connectivity index (χ4n) is 2.80. The summed E-state index contributed by atoms with van der Waals surface area (Å²) >= 11 is 5.73. The van der Waals surface area contributed by atoms with Gasteiger partial charge in [0.2, 0.25) is 0 Å². The summed E-state index contributed by atoms with van der Waals surface area (Å²) in [5.74, 6) is 0.166. The van der Waals surface area contributed by atoms with Gasteiger partial charge < -0.3 is 14.2 Å². The molecule has 2 heterocycles. The van der Waals surface area contributed by atoms with Crippen LogP contribution in [0, 0.1) is 0 Å². The lowest BCUT2D eigenvalue weighted by molar-refractivity contribution is -0.274. The third-order valence-electron chi connectivity index (χ3n) is 4.26. The van der Waals surface area contributed by atoms with Gasteiger partial charge in [-0.3, -0.25) is 9.78 Å². The van der Waals surface area contributed by atoms with Gasteiger partial charge in [-0.25, -0.2) is 15.0 Å². The third kappa shape index (κ3) is 6.23. The highest BCUT2D eigenvalue weighted by molar-refractivity contribution is 6.32. The van der Waals surface area contributed by atoms with Crippen LogP contribution in [0.3, 0.4) is 0 Å². The molecule has 0 aliphatic carbocycles. The van der Waals surface area contributed by atoms with Gasteiger partial charge in [0.1, 0.15) is 23.6 Å². The molecule has 0 aliphatic heterocycles. The van der Waals surface area contributed by atoms with Crippen LogP contribution in [0.15, 0.2) is 72.2 Å². The summed E-state index contributed by atoms with van der Waals surface area (Å²) in [6, 6.07) is 9.75. The molecule has 0 radical (unpaired) electrons. The van der Waals surface area contributed by atoms with Crippen molar-refractivity contribution in [2.24, 2.45) is 0 Å². The van der Waals surface area contributed by atoms with Crippen LogP contribution in [0.2, 0.25) is 5.02 Å². The SMILES string of the molecule is O=c1[nH]c(Oc2ccc(Oc3ccc(Cl)c(OC(F)(F)F)c3)cc2)ncc1Cc1cncnc1. The van der Waals surface area contributed by atoms with Gasteiger partial charge in [0.15, 0.2) is 5.75 Å². The quantitative estimate of drug-likeness (QED) is 0.376. The molecule has 8 nitrogen and oxygen atoms in total. The van der Waals surface area contributed by atoms with Crippen LogP contribution < -0.4 is 19.8 Å². The van der Waals surface area contributed by atoms with Crippen LogP contribution in [-0.2, 0) is 6.42 Å². The smallest absolute Gasteiger partial charge is 0.457 e. The number of hydrogen-bond donors (Lipinski definition) is 1. The van der Waals surface area contributed by atoms with Crippen molar-refractivity contribution in [2.75, 3.05) is 0 Å². The molecule has 0 bridgehead atoms. The number of aromatic amines is 1. The van der Waals surface area contributed by atoms with Crippen molar-refractivity contribution < 1.29 is 27.4 Å². The average molecular weight is 491 g/mol. The summed E-state index contributed by atoms with van der Waals surface area (Å²) in [5.41, 5.74) is 0.813. The lowest BCUT2D eigenvalue weighted by atomic mass is 10.1. The van der Waals surface area contributed by atoms with Gasteiger partial charge in [-0.2, -0.15) is 0 Å². The summed E-state index contributed by atoms with van der Waals surface area (Å²) in [6.45, 7) is 0. The van der Waals surface area contributed by atoms with E-state index in [0.717, 1.165) is 11.6 Å². The Bertz CT molecular complexity index is 1330. The average Bonchev–Trinajstić information content (AvgIpc) is 2.79. The molecule has 1 N–H and O–H groups in total. The predicted octanol–water partition coefficient (Wildman–Crippen LogP) is 5.29. The molecule has 4 aromatic rings. The Morgan fingerprint density at radius 1 is 0.912 bits per heavy atom. The van der Waals surface area contributed by atoms with Crippen LogP contribution in [0.5, 0.6) is 29.0 Å². The van der Waals surface area contributed by atoms with E-state index in [2.05, 4.69) is 24.7 Å². The number of nitrogens with one attached hydrogen (secondary N) is 1. The van der Waals surface area contributed by atoms with Gasteiger partial charge in [-0.15, -0.1) is 13.2 Å². The number of aromatic nitrogens is 4. The van der Waals surface area contributed by atoms with Crippen LogP contribution >= 0.6 is 11.6 Å². The first-order valence-corrected chi connectivity index (χ1v) is 9.96. The molecule has 174 valence electrons. The minimum absolute atomic E-state index is 0.0154. The number of nitrogens with zero attached hydrogens (tertiary/aromatic N) is 3. The second-order valence-corrected chi connectivity index (χ2v) is 7.19. The summed E-state index contributed by atoms with van der Waals surface area (Å²) in [5, 5.41) is -0.210. The molecule has 0 unspecified atom stereocenters. The molecule has 0 aliphatic rings. The van der Waals surface area contributed by atoms with E-state index in [1.165, 1.54) is 48.9 Å². The van der Waals surface area contributed by atoms with Crippen LogP contribution in [0.4, 0.5) is 13.2 Å². The second kappa shape index (κ2) is 9.79. The molecular formula is C22H14ClF3N4O4. The number of benzene rings is 2. The zero-order chi connectivity index (χ0) is 24.1. The highest BCUT2D eigenvalue weighted by Gasteiger charge is 2.32. The standard InChI is InChI=1S/C22H14ClF3N4O4/c23-18-6-5-17(8-19(18)34-22(24,25)26)32-15-1-3-16(4-2-15)33-21-29-11-14(20(31)30-21)7-13-9-27-12-28-10-13/h1-6,8-12H,7H2,(H,29,30,31). The molecular weight excluding hydrogens is 477 g/mol. The summed E-state index contributed by atoms with van der Waals surface area (Å²) in [6.07, 6.45) is 1.44. The topological polar surface area (TPSA) is 99.2 Å². The fraction of sp³-hybridized carbons (Fsp3) is 0.0909. The van der Waals surface area contributed by atoms with E-state index >= 15 is 0 Å². The minimum Gasteiger partial charge on any atom is -0.457 e. The van der Waals surface area contributed by atoms with E-state index in [4.69, 9.17) is 21.1 Å². The first kappa shape index (κ1) is 23.1. The van der Waals surface area contributed by atoms with E-state index in [1.54, 1.807) is 12.4 Å². The Morgan fingerprint density at radius 2 is 1.56 bits per heavy atom. The third-order valence-corrected chi connectivity index (χ3v) is 4.57. The molecule has 0 saturated heterocycles. The second-order valence-electron chi connectivity index (χ2n) is 6.78. The van der Waals surface area contributed by atoms with E-state index in [0.29, 0.717) is 23.5 Å². The molecule has 0 atom stereocenters. The summed E-state index contributed by atoms with van der Waals surface area (Å²) < 4.78 is 52.4. The lowest BCUT2D eigenvalue weighted by Gasteiger charge is -2.12. The van der Waals surface area contributed by atoms with Crippen LogP contribution in [0.25, 0.3) is 0 Å². The van der Waals surface area contributed by atoms with Crippen LogP contribution in [-0.4, -0.2) is 26.3 Å². The maximum absolute atomic E-state index is 12.5. The molecule has 34 heavy (non-hydrogen) atoms. The van der Waals surface area contributed by atoms with Crippen molar-refractivity contribution >= 4 is 11.6 Å². The molecule has 4 rings (SSSR count). The first-order chi connectivity index (χ1) is 16.2. The normalized spacial score (nSPS) is 11.2. The van der Waals surface area contributed by atoms with E-state index in [-0.39, 0.29) is 22.3 Å². The van der Waals surface area contributed by atoms with Crippen molar-refractivity contribution in [3.8, 4) is 29.0 Å². The van der Waals surface area contributed by atoms with E-state index in [1.807, 2.05) is 0 Å². The Labute approximate surface area is 195 Å². The maximum Gasteiger partial charge on any atom is 0.573 e. The van der Waals surface area contributed by atoms with Gasteiger partial charge in [0.25, 0.3) is 5.56 Å². The Kier molecular flexibility index (Phi) is 6.64. The van der Waals surface area contributed by atoms with Gasteiger partial charge in [-0.1, -0.05) is 11.6 Å². The Balaban J connectivity index is 1.41. The number of rotatable bonds is 7. The molecule has 0 amide bonds. The molecule has 0 saturated carbocycles. The van der Waals surface area contributed by atoms with E-state index in [9.17, 15) is 18.0 Å². The predicted molar refractivity (Wildman–Crippen MR) is 114 cm³/mol. The highest BCUT2D eigenvalue weighted by atomic mass is 35.5. The van der Waals surface area contributed by atoms with Crippen molar-refractivity contribution in [3.63, 3.8) is 0 Å². The highest BCUT2D eigenvalue weighted by Crippen LogP contribution is 2.35. The number of alkyl halides is 3. The fourth-order valence-corrected chi connectivity index (χ4v) is 2.95. The zero-order valence-electron chi connectivity index (χ0n) is 17.0.